The van der Waals surface area contributed by atoms with Crippen molar-refractivity contribution in [1.29, 1.82) is 0 Å². The summed E-state index contributed by atoms with van der Waals surface area (Å²) in [6.07, 6.45) is 3.62. The maximum Gasteiger partial charge on any atom is 0.212 e. The largest absolute Gasteiger partial charge is 0.313 e. The van der Waals surface area contributed by atoms with E-state index in [-0.39, 0.29) is 0 Å². The van der Waals surface area contributed by atoms with Gasteiger partial charge in [-0.15, -0.1) is 0 Å². The average Bonchev–Trinajstić information content (AvgIpc) is 1.94. The third-order valence-electron chi connectivity index (χ3n) is 1.09. The van der Waals surface area contributed by atoms with Gasteiger partial charge in [-0.05, 0) is 6.92 Å². The number of rotatable bonds is 2. The first-order valence-corrected chi connectivity index (χ1v) is 2.81. The lowest BCUT2D eigenvalue weighted by atomic mass is 10.3. The number of hydrogen-bond donors (Lipinski definition) is 1. The average molecular weight is 137 g/mol. The molecule has 10 heavy (non-hydrogen) atoms. The van der Waals surface area contributed by atoms with Crippen molar-refractivity contribution in [3.8, 4) is 0 Å². The zero-order chi connectivity index (χ0) is 7.40. The van der Waals surface area contributed by atoms with Crippen molar-refractivity contribution in [2.75, 3.05) is 5.32 Å². The number of nitrogens with one attached hydrogen (secondary N) is 1. The highest BCUT2D eigenvalue weighted by Gasteiger charge is 1.94. The first-order valence-electron chi connectivity index (χ1n) is 2.81. The maximum atomic E-state index is 9.95. The van der Waals surface area contributed by atoms with Crippen LogP contribution in [-0.4, -0.2) is 16.4 Å². The molecule has 0 unspecified atom stereocenters. The quantitative estimate of drug-likeness (QED) is 0.598. The molecule has 1 amide bonds. The van der Waals surface area contributed by atoms with Crippen LogP contribution in [0.2, 0.25) is 0 Å². The predicted molar refractivity (Wildman–Crippen MR) is 36.5 cm³/mol. The summed E-state index contributed by atoms with van der Waals surface area (Å²) in [5, 5.41) is 2.44. The van der Waals surface area contributed by atoms with Gasteiger partial charge in [0.2, 0.25) is 6.41 Å². The molecule has 0 atom stereocenters. The summed E-state index contributed by atoms with van der Waals surface area (Å²) in [6.45, 7) is 1.83. The molecule has 0 saturated heterocycles. The predicted octanol–water partition coefficient (Wildman–Crippen LogP) is 0.353. The Morgan fingerprint density at radius 1 is 1.70 bits per heavy atom. The van der Waals surface area contributed by atoms with Gasteiger partial charge in [-0.2, -0.15) is 0 Å². The fraction of sp³-hybridized carbons (Fsp3) is 0.167. The zero-order valence-electron chi connectivity index (χ0n) is 5.53. The smallest absolute Gasteiger partial charge is 0.212 e. The highest BCUT2D eigenvalue weighted by molar-refractivity contribution is 5.70. The first kappa shape index (κ1) is 6.67. The van der Waals surface area contributed by atoms with Gasteiger partial charge in [-0.1, -0.05) is 0 Å². The van der Waals surface area contributed by atoms with E-state index in [1.165, 1.54) is 6.33 Å². The van der Waals surface area contributed by atoms with Crippen LogP contribution in [0.15, 0.2) is 12.5 Å². The molecule has 0 spiro atoms. The van der Waals surface area contributed by atoms with Crippen LogP contribution in [0.1, 0.15) is 5.56 Å². The minimum absolute atomic E-state index is 0.560. The number of amides is 1. The van der Waals surface area contributed by atoms with E-state index in [1.807, 2.05) is 6.92 Å². The molecule has 0 fully saturated rings. The lowest BCUT2D eigenvalue weighted by Gasteiger charge is -1.98. The van der Waals surface area contributed by atoms with Crippen LogP contribution < -0.4 is 5.32 Å². The zero-order valence-corrected chi connectivity index (χ0v) is 5.53. The lowest BCUT2D eigenvalue weighted by Crippen LogP contribution is -1.99. The summed E-state index contributed by atoms with van der Waals surface area (Å²) in [5.74, 6) is 0.560. The Labute approximate surface area is 58.3 Å². The summed E-state index contributed by atoms with van der Waals surface area (Å²) >= 11 is 0. The summed E-state index contributed by atoms with van der Waals surface area (Å²) in [4.78, 5) is 17.5. The third kappa shape index (κ3) is 1.28. The Morgan fingerprint density at radius 2 is 2.50 bits per heavy atom. The monoisotopic (exact) mass is 137 g/mol. The number of aryl methyl sites for hydroxylation is 1. The molecule has 1 aromatic rings. The Bertz CT molecular complexity index is 236. The van der Waals surface area contributed by atoms with Crippen LogP contribution in [0.25, 0.3) is 0 Å². The molecule has 0 bridgehead atoms. The van der Waals surface area contributed by atoms with Crippen molar-refractivity contribution in [1.82, 2.24) is 9.97 Å². The summed E-state index contributed by atoms with van der Waals surface area (Å²) in [7, 11) is 0. The Balaban J connectivity index is 2.91. The third-order valence-corrected chi connectivity index (χ3v) is 1.09. The molecule has 0 aliphatic carbocycles. The van der Waals surface area contributed by atoms with Gasteiger partial charge in [0.15, 0.2) is 0 Å². The van der Waals surface area contributed by atoms with Crippen molar-refractivity contribution in [2.24, 2.45) is 0 Å². The van der Waals surface area contributed by atoms with Crippen LogP contribution in [0, 0.1) is 6.92 Å². The molecule has 1 aromatic heterocycles. The fourth-order valence-corrected chi connectivity index (χ4v) is 0.606. The topological polar surface area (TPSA) is 54.9 Å². The molecule has 4 heteroatoms. The van der Waals surface area contributed by atoms with Gasteiger partial charge in [0, 0.05) is 11.8 Å². The molecule has 0 aliphatic rings. The molecule has 52 valence electrons. The molecular weight excluding hydrogens is 130 g/mol. The van der Waals surface area contributed by atoms with Gasteiger partial charge in [0.25, 0.3) is 0 Å². The minimum Gasteiger partial charge on any atom is -0.313 e. The second-order valence-corrected chi connectivity index (χ2v) is 1.82. The SMILES string of the molecule is Cc1cncnc1NC=O. The molecule has 1 N–H and O–H groups in total. The molecule has 0 radical (unpaired) electrons. The van der Waals surface area contributed by atoms with E-state index in [0.29, 0.717) is 12.2 Å². The number of anilines is 1. The van der Waals surface area contributed by atoms with Gasteiger partial charge in [0.1, 0.15) is 12.1 Å². The second-order valence-electron chi connectivity index (χ2n) is 1.82. The van der Waals surface area contributed by atoms with Crippen molar-refractivity contribution >= 4 is 12.2 Å². The standard InChI is InChI=1S/C6H7N3O/c1-5-2-7-3-8-6(5)9-4-10/h2-4H,1H3,(H,7,8,9,10). The maximum absolute atomic E-state index is 9.95. The number of hydrogen-bond acceptors (Lipinski definition) is 3. The van der Waals surface area contributed by atoms with Gasteiger partial charge < -0.3 is 5.32 Å². The van der Waals surface area contributed by atoms with E-state index >= 15 is 0 Å². The highest BCUT2D eigenvalue weighted by atomic mass is 16.1. The molecule has 0 saturated carbocycles. The molecule has 0 aromatic carbocycles. The lowest BCUT2D eigenvalue weighted by molar-refractivity contribution is -0.105. The normalized spacial score (nSPS) is 8.90. The highest BCUT2D eigenvalue weighted by Crippen LogP contribution is 2.04. The summed E-state index contributed by atoms with van der Waals surface area (Å²) < 4.78 is 0. The molecule has 1 heterocycles. The van der Waals surface area contributed by atoms with Crippen molar-refractivity contribution < 1.29 is 4.79 Å². The van der Waals surface area contributed by atoms with E-state index < -0.39 is 0 Å². The van der Waals surface area contributed by atoms with Crippen LogP contribution in [0.3, 0.4) is 0 Å². The van der Waals surface area contributed by atoms with Gasteiger partial charge in [-0.25, -0.2) is 9.97 Å². The van der Waals surface area contributed by atoms with Crippen LogP contribution in [0.4, 0.5) is 5.82 Å². The molecule has 0 aliphatic heterocycles. The number of carbonyl (C=O) groups is 1. The van der Waals surface area contributed by atoms with Crippen LogP contribution in [0.5, 0.6) is 0 Å². The van der Waals surface area contributed by atoms with E-state index in [4.69, 9.17) is 0 Å². The van der Waals surface area contributed by atoms with Gasteiger partial charge in [-0.3, -0.25) is 4.79 Å². The van der Waals surface area contributed by atoms with Crippen molar-refractivity contribution in [3.05, 3.63) is 18.1 Å². The van der Waals surface area contributed by atoms with Gasteiger partial charge in [0.05, 0.1) is 0 Å². The molecule has 1 rings (SSSR count). The van der Waals surface area contributed by atoms with E-state index in [2.05, 4.69) is 15.3 Å². The second kappa shape index (κ2) is 2.91. The molecular formula is C6H7N3O. The first-order chi connectivity index (χ1) is 4.84. The Morgan fingerprint density at radius 3 is 3.10 bits per heavy atom. The van der Waals surface area contributed by atoms with Crippen molar-refractivity contribution in [3.63, 3.8) is 0 Å². The fourth-order valence-electron chi connectivity index (χ4n) is 0.606. The minimum atomic E-state index is 0.560. The van der Waals surface area contributed by atoms with Crippen LogP contribution in [-0.2, 0) is 4.79 Å². The Hall–Kier alpha value is -1.45. The number of nitrogens with zero attached hydrogens (tertiary/aromatic N) is 2. The van der Waals surface area contributed by atoms with E-state index in [0.717, 1.165) is 5.56 Å². The number of aromatic nitrogens is 2. The van der Waals surface area contributed by atoms with Gasteiger partial charge >= 0.3 is 0 Å². The van der Waals surface area contributed by atoms with Crippen LogP contribution >= 0.6 is 0 Å². The number of carbonyl (C=O) groups excluding carboxylic acids is 1. The summed E-state index contributed by atoms with van der Waals surface area (Å²) in [5.41, 5.74) is 0.856. The Kier molecular flexibility index (Phi) is 1.94. The van der Waals surface area contributed by atoms with E-state index in [1.54, 1.807) is 6.20 Å². The van der Waals surface area contributed by atoms with Crippen molar-refractivity contribution in [2.45, 2.75) is 6.92 Å². The molecule has 4 nitrogen and oxygen atoms in total. The van der Waals surface area contributed by atoms with E-state index in [9.17, 15) is 4.79 Å². The summed E-state index contributed by atoms with van der Waals surface area (Å²) in [6, 6.07) is 0.